The summed E-state index contributed by atoms with van der Waals surface area (Å²) < 4.78 is 15.5. The first-order valence-electron chi connectivity index (χ1n) is 8.48. The zero-order valence-electron chi connectivity index (χ0n) is 15.9. The van der Waals surface area contributed by atoms with Crippen LogP contribution in [0.5, 0.6) is 5.75 Å². The summed E-state index contributed by atoms with van der Waals surface area (Å²) in [6, 6.07) is 7.61. The third kappa shape index (κ3) is 7.26. The van der Waals surface area contributed by atoms with Gasteiger partial charge < -0.3 is 19.5 Å². The fourth-order valence-electron chi connectivity index (χ4n) is 2.07. The van der Waals surface area contributed by atoms with E-state index < -0.39 is 17.7 Å². The minimum absolute atomic E-state index is 0.0616. The van der Waals surface area contributed by atoms with Gasteiger partial charge in [0.05, 0.1) is 19.2 Å². The molecule has 0 aliphatic heterocycles. The first-order chi connectivity index (χ1) is 12.8. The van der Waals surface area contributed by atoms with Gasteiger partial charge in [-0.05, 0) is 32.9 Å². The number of nitrogens with one attached hydrogen (secondary N) is 1. The van der Waals surface area contributed by atoms with Gasteiger partial charge in [-0.3, -0.25) is 4.79 Å². The van der Waals surface area contributed by atoms with E-state index in [9.17, 15) is 9.59 Å². The average Bonchev–Trinajstić information content (AvgIpc) is 3.07. The number of esters is 1. The van der Waals surface area contributed by atoms with Gasteiger partial charge in [-0.1, -0.05) is 12.1 Å². The SMILES string of the molecule is COc1cccc(-c2nc(COC(=O)CCNC(=O)OC(C)(C)C)cs2)c1. The van der Waals surface area contributed by atoms with Crippen LogP contribution in [0.15, 0.2) is 29.6 Å². The third-order valence-electron chi connectivity index (χ3n) is 3.25. The number of carbonyl (C=O) groups is 2. The highest BCUT2D eigenvalue weighted by molar-refractivity contribution is 7.13. The zero-order valence-corrected chi connectivity index (χ0v) is 16.7. The summed E-state index contributed by atoms with van der Waals surface area (Å²) in [6.07, 6.45) is -0.496. The van der Waals surface area contributed by atoms with E-state index >= 15 is 0 Å². The monoisotopic (exact) mass is 392 g/mol. The van der Waals surface area contributed by atoms with Crippen molar-refractivity contribution in [3.8, 4) is 16.3 Å². The van der Waals surface area contributed by atoms with Gasteiger partial charge in [0.1, 0.15) is 23.0 Å². The fraction of sp³-hybridized carbons (Fsp3) is 0.421. The molecule has 27 heavy (non-hydrogen) atoms. The van der Waals surface area contributed by atoms with E-state index in [1.165, 1.54) is 11.3 Å². The molecule has 0 unspecified atom stereocenters. The van der Waals surface area contributed by atoms with E-state index in [1.54, 1.807) is 27.9 Å². The van der Waals surface area contributed by atoms with Gasteiger partial charge in [0.15, 0.2) is 0 Å². The van der Waals surface area contributed by atoms with Crippen LogP contribution in [0.1, 0.15) is 32.9 Å². The maximum atomic E-state index is 11.8. The Bertz CT molecular complexity index is 782. The number of ether oxygens (including phenoxy) is 3. The Morgan fingerprint density at radius 3 is 2.74 bits per heavy atom. The largest absolute Gasteiger partial charge is 0.497 e. The molecule has 1 heterocycles. The average molecular weight is 392 g/mol. The van der Waals surface area contributed by atoms with Gasteiger partial charge in [0.2, 0.25) is 0 Å². The van der Waals surface area contributed by atoms with Gasteiger partial charge in [-0.25, -0.2) is 9.78 Å². The van der Waals surface area contributed by atoms with Crippen LogP contribution in [0.2, 0.25) is 0 Å². The molecule has 0 saturated carbocycles. The lowest BCUT2D eigenvalue weighted by Crippen LogP contribution is -2.33. The van der Waals surface area contributed by atoms with Crippen molar-refractivity contribution in [3.05, 3.63) is 35.3 Å². The van der Waals surface area contributed by atoms with E-state index in [0.717, 1.165) is 16.3 Å². The smallest absolute Gasteiger partial charge is 0.407 e. The fourth-order valence-corrected chi connectivity index (χ4v) is 2.87. The van der Waals surface area contributed by atoms with E-state index in [0.29, 0.717) is 5.69 Å². The Balaban J connectivity index is 1.76. The van der Waals surface area contributed by atoms with Gasteiger partial charge in [0, 0.05) is 17.5 Å². The molecule has 0 bridgehead atoms. The molecule has 8 heteroatoms. The van der Waals surface area contributed by atoms with Crippen LogP contribution in [0, 0.1) is 0 Å². The van der Waals surface area contributed by atoms with Crippen molar-refractivity contribution in [3.63, 3.8) is 0 Å². The number of alkyl carbamates (subject to hydrolysis) is 1. The second-order valence-electron chi connectivity index (χ2n) is 6.72. The van der Waals surface area contributed by atoms with Gasteiger partial charge in [0.25, 0.3) is 0 Å². The molecular formula is C19H24N2O5S. The Morgan fingerprint density at radius 1 is 1.26 bits per heavy atom. The number of hydrogen-bond acceptors (Lipinski definition) is 7. The standard InChI is InChI=1S/C19H24N2O5S/c1-19(2,3)26-18(23)20-9-8-16(22)25-11-14-12-27-17(21-14)13-6-5-7-15(10-13)24-4/h5-7,10,12H,8-9,11H2,1-4H3,(H,20,23). The maximum absolute atomic E-state index is 11.8. The Morgan fingerprint density at radius 2 is 2.04 bits per heavy atom. The molecule has 0 saturated heterocycles. The third-order valence-corrected chi connectivity index (χ3v) is 4.19. The number of nitrogens with zero attached hydrogens (tertiary/aromatic N) is 1. The van der Waals surface area contributed by atoms with Gasteiger partial charge in [-0.15, -0.1) is 11.3 Å². The molecule has 7 nitrogen and oxygen atoms in total. The molecule has 1 aromatic carbocycles. The Kier molecular flexibility index (Phi) is 7.18. The van der Waals surface area contributed by atoms with Gasteiger partial charge >= 0.3 is 12.1 Å². The topological polar surface area (TPSA) is 86.8 Å². The summed E-state index contributed by atoms with van der Waals surface area (Å²) in [5.41, 5.74) is 1.04. The number of aromatic nitrogens is 1. The highest BCUT2D eigenvalue weighted by Crippen LogP contribution is 2.27. The maximum Gasteiger partial charge on any atom is 0.407 e. The summed E-state index contributed by atoms with van der Waals surface area (Å²) in [5, 5.41) is 5.19. The molecule has 1 aromatic heterocycles. The molecule has 2 rings (SSSR count). The van der Waals surface area contributed by atoms with Crippen LogP contribution in [0.3, 0.4) is 0 Å². The summed E-state index contributed by atoms with van der Waals surface area (Å²) in [6.45, 7) is 5.56. The number of methoxy groups -OCH3 is 1. The first kappa shape index (κ1) is 20.7. The van der Waals surface area contributed by atoms with Crippen LogP contribution >= 0.6 is 11.3 Å². The van der Waals surface area contributed by atoms with E-state index in [4.69, 9.17) is 14.2 Å². The van der Waals surface area contributed by atoms with Crippen molar-refractivity contribution in [1.82, 2.24) is 10.3 Å². The lowest BCUT2D eigenvalue weighted by atomic mass is 10.2. The van der Waals surface area contributed by atoms with Crippen LogP contribution in [0.25, 0.3) is 10.6 Å². The van der Waals surface area contributed by atoms with E-state index in [2.05, 4.69) is 10.3 Å². The molecule has 0 aliphatic rings. The molecule has 0 atom stereocenters. The minimum Gasteiger partial charge on any atom is -0.497 e. The summed E-state index contributed by atoms with van der Waals surface area (Å²) in [5.74, 6) is 0.343. The summed E-state index contributed by atoms with van der Waals surface area (Å²) in [7, 11) is 1.61. The molecule has 1 N–H and O–H groups in total. The second kappa shape index (κ2) is 9.36. The van der Waals surface area contributed by atoms with Crippen molar-refractivity contribution in [2.45, 2.75) is 39.4 Å². The molecule has 0 radical (unpaired) electrons. The summed E-state index contributed by atoms with van der Waals surface area (Å²) >= 11 is 1.47. The number of carbonyl (C=O) groups excluding carboxylic acids is 2. The van der Waals surface area contributed by atoms with E-state index in [1.807, 2.05) is 29.6 Å². The second-order valence-corrected chi connectivity index (χ2v) is 7.57. The first-order valence-corrected chi connectivity index (χ1v) is 9.36. The van der Waals surface area contributed by atoms with Gasteiger partial charge in [-0.2, -0.15) is 0 Å². The van der Waals surface area contributed by atoms with Crippen LogP contribution in [0.4, 0.5) is 4.79 Å². The Labute approximate surface area is 162 Å². The molecule has 146 valence electrons. The molecule has 0 aliphatic carbocycles. The van der Waals surface area contributed by atoms with Crippen molar-refractivity contribution in [1.29, 1.82) is 0 Å². The number of amides is 1. The number of thiazole rings is 1. The van der Waals surface area contributed by atoms with Crippen molar-refractivity contribution >= 4 is 23.4 Å². The number of rotatable bonds is 7. The molecular weight excluding hydrogens is 368 g/mol. The molecule has 2 aromatic rings. The van der Waals surface area contributed by atoms with Crippen LogP contribution in [-0.2, 0) is 20.9 Å². The predicted molar refractivity (Wildman–Crippen MR) is 103 cm³/mol. The minimum atomic E-state index is -0.574. The predicted octanol–water partition coefficient (Wildman–Crippen LogP) is 3.78. The number of benzene rings is 1. The highest BCUT2D eigenvalue weighted by Gasteiger charge is 2.16. The lowest BCUT2D eigenvalue weighted by Gasteiger charge is -2.19. The molecule has 1 amide bonds. The van der Waals surface area contributed by atoms with Crippen molar-refractivity contribution in [2.75, 3.05) is 13.7 Å². The van der Waals surface area contributed by atoms with Crippen LogP contribution in [-0.4, -0.2) is 36.3 Å². The summed E-state index contributed by atoms with van der Waals surface area (Å²) in [4.78, 5) is 27.8. The zero-order chi connectivity index (χ0) is 19.9. The van der Waals surface area contributed by atoms with Crippen LogP contribution < -0.4 is 10.1 Å². The van der Waals surface area contributed by atoms with Crippen molar-refractivity contribution < 1.29 is 23.8 Å². The molecule has 0 spiro atoms. The van der Waals surface area contributed by atoms with E-state index in [-0.39, 0.29) is 19.6 Å². The Hall–Kier alpha value is -2.61. The highest BCUT2D eigenvalue weighted by atomic mass is 32.1. The molecule has 0 fully saturated rings. The quantitative estimate of drug-likeness (QED) is 0.722. The van der Waals surface area contributed by atoms with Crippen molar-refractivity contribution in [2.24, 2.45) is 0 Å². The number of hydrogen-bond donors (Lipinski definition) is 1. The lowest BCUT2D eigenvalue weighted by molar-refractivity contribution is -0.144. The normalized spacial score (nSPS) is 11.0.